The molecule has 3 aliphatic rings. The molecule has 18 N–H and O–H groups in total. The number of aliphatic hydroxyl groups excluding tert-OH is 3. The van der Waals surface area contributed by atoms with Crippen LogP contribution in [0.3, 0.4) is 0 Å². The topological polar surface area (TPSA) is 621 Å². The lowest BCUT2D eigenvalue weighted by Crippen LogP contribution is -2.57. The molecule has 6 aromatic heterocycles. The van der Waals surface area contributed by atoms with Crippen molar-refractivity contribution in [2.75, 3.05) is 55.7 Å². The maximum absolute atomic E-state index is 14.5. The molecule has 3 fully saturated rings. The monoisotopic (exact) mass is 1790 g/mol. The molecule has 48 heteroatoms. The molecule has 672 valence electrons. The minimum absolute atomic E-state index is 0.0449. The van der Waals surface area contributed by atoms with Crippen LogP contribution < -0.4 is 64.7 Å². The Hall–Kier alpha value is -10.1. The number of nitrogens with zero attached hydrogens (tertiary/aromatic N) is 9. The van der Waals surface area contributed by atoms with Crippen molar-refractivity contribution in [2.24, 2.45) is 35.0 Å². The maximum atomic E-state index is 14.5. The van der Waals surface area contributed by atoms with Crippen LogP contribution in [0, 0.1) is 17.8 Å². The summed E-state index contributed by atoms with van der Waals surface area (Å²) in [5.74, 6) is -4.45. The van der Waals surface area contributed by atoms with Crippen molar-refractivity contribution >= 4 is 92.0 Å². The number of benzene rings is 3. The molecule has 0 aliphatic carbocycles. The molecular formula is C75H102F3N18O24P3. The molecule has 3 saturated heterocycles. The molecule has 0 saturated carbocycles. The number of halogens is 3. The number of rotatable bonds is 33. The number of carbonyl (C=O) groups excluding carboxylic acids is 3. The Kier molecular flexibility index (Phi) is 30.2. The van der Waals surface area contributed by atoms with E-state index in [2.05, 4.69) is 44.9 Å². The molecule has 21 atom stereocenters. The second kappa shape index (κ2) is 39.0. The first-order chi connectivity index (χ1) is 57.8. The van der Waals surface area contributed by atoms with Crippen molar-refractivity contribution in [3.8, 4) is 17.2 Å². The zero-order valence-electron chi connectivity index (χ0n) is 68.9. The number of aromatic amines is 3. The molecule has 4 unspecified atom stereocenters. The minimum atomic E-state index is -4.13. The van der Waals surface area contributed by atoms with Gasteiger partial charge in [0.15, 0.2) is 52.2 Å². The van der Waals surface area contributed by atoms with Gasteiger partial charge in [0, 0.05) is 0 Å². The molecule has 3 aliphatic heterocycles. The highest BCUT2D eigenvalue weighted by Crippen LogP contribution is 2.57. The number of esters is 3. The number of hydrogen-bond donors (Lipinski definition) is 12. The van der Waals surface area contributed by atoms with Crippen LogP contribution in [-0.2, 0) is 70.1 Å². The molecule has 3 aromatic carbocycles. The molecule has 123 heavy (non-hydrogen) atoms. The average molecular weight is 1790 g/mol. The normalized spacial score (nSPS) is 25.6. The number of H-pyrrole nitrogens is 3. The highest BCUT2D eigenvalue weighted by atomic mass is 31.2. The summed E-state index contributed by atoms with van der Waals surface area (Å²) in [6.45, 7) is 15.3. The fourth-order valence-corrected chi connectivity index (χ4v) is 20.0. The van der Waals surface area contributed by atoms with E-state index in [1.54, 1.807) is 133 Å². The second-order valence-electron chi connectivity index (χ2n) is 30.9. The Morgan fingerprint density at radius 1 is 0.431 bits per heavy atom. The average Bonchev–Trinajstić information content (AvgIpc) is 1.59. The molecule has 9 aromatic rings. The number of aromatic nitrogens is 12. The first-order valence-corrected chi connectivity index (χ1v) is 43.9. The third kappa shape index (κ3) is 21.5. The third-order valence-corrected chi connectivity index (χ3v) is 26.1. The number of ether oxygens (including phenoxy) is 6. The molecule has 42 nitrogen and oxygen atoms in total. The van der Waals surface area contributed by atoms with Crippen molar-refractivity contribution in [2.45, 2.75) is 192 Å². The van der Waals surface area contributed by atoms with Gasteiger partial charge in [-0.25, -0.2) is 41.8 Å². The molecular weight excluding hydrogens is 1690 g/mol. The van der Waals surface area contributed by atoms with E-state index < -0.39 is 204 Å². The van der Waals surface area contributed by atoms with E-state index in [1.165, 1.54) is 74.2 Å². The standard InChI is InChI=1S/3C25H34FN6O8P/c3*1-13(2)37-22(35)14(3)10-41(36,40-16-8-6-5-7-9-16)39-15(4)18-19(33)25(28,11-26)23(38-18)32-12-29-17-20(32)30-24(27)31-21(17)34/h3*5-9,12-15,18-19,23,33H,10-11,28H2,1-4H3,(H3,27,30,31,34)/t14-,15-,18-,19+,23-,25?,41?;14-,15-,18-,19+,23-,25?,41+;14-,15-,18-,19+,23-,25?,41-/m111/s1. The lowest BCUT2D eigenvalue weighted by atomic mass is 9.91. The number of carbonyl (C=O) groups is 3. The molecule has 0 bridgehead atoms. The van der Waals surface area contributed by atoms with E-state index in [4.69, 9.17) is 90.0 Å². The van der Waals surface area contributed by atoms with Gasteiger partial charge in [-0.15, -0.1) is 0 Å². The van der Waals surface area contributed by atoms with Crippen LogP contribution in [0.2, 0.25) is 0 Å². The fourth-order valence-electron chi connectivity index (χ4n) is 13.7. The summed E-state index contributed by atoms with van der Waals surface area (Å²) in [5.41, 5.74) is 27.5. The minimum Gasteiger partial charge on any atom is -0.463 e. The number of nitrogen functional groups attached to an aromatic ring is 3. The summed E-state index contributed by atoms with van der Waals surface area (Å²) in [5, 5.41) is 33.5. The first-order valence-electron chi connectivity index (χ1n) is 38.7. The van der Waals surface area contributed by atoms with E-state index in [9.17, 15) is 71.0 Å². The lowest BCUT2D eigenvalue weighted by Gasteiger charge is -2.31. The Morgan fingerprint density at radius 3 is 0.870 bits per heavy atom. The summed E-state index contributed by atoms with van der Waals surface area (Å²) in [6.07, 6.45) is -15.6. The Morgan fingerprint density at radius 2 is 0.659 bits per heavy atom. The molecule has 12 rings (SSSR count). The zero-order valence-corrected chi connectivity index (χ0v) is 71.6. The van der Waals surface area contributed by atoms with Gasteiger partial charge in [-0.3, -0.25) is 71.0 Å². The van der Waals surface area contributed by atoms with Gasteiger partial charge in [0.05, 0.1) is 91.8 Å². The third-order valence-electron chi connectivity index (χ3n) is 19.7. The van der Waals surface area contributed by atoms with Crippen LogP contribution in [0.15, 0.2) is 124 Å². The van der Waals surface area contributed by atoms with Gasteiger partial charge in [-0.2, -0.15) is 15.0 Å². The van der Waals surface area contributed by atoms with Gasteiger partial charge < -0.3 is 91.7 Å². The zero-order chi connectivity index (χ0) is 90.3. The van der Waals surface area contributed by atoms with Crippen LogP contribution >= 0.6 is 22.8 Å². The van der Waals surface area contributed by atoms with Crippen LogP contribution in [0.1, 0.15) is 102 Å². The number of nitrogens with two attached hydrogens (primary N) is 6. The number of anilines is 3. The Bertz CT molecular complexity index is 4980. The number of imidazole rings is 3. The number of para-hydroxylation sites is 3. The van der Waals surface area contributed by atoms with Crippen molar-refractivity contribution < 1.29 is 112 Å². The summed E-state index contributed by atoms with van der Waals surface area (Å²) in [7, 11) is -12.4. The van der Waals surface area contributed by atoms with E-state index in [0.717, 1.165) is 0 Å². The van der Waals surface area contributed by atoms with Crippen LogP contribution in [0.25, 0.3) is 33.5 Å². The highest BCUT2D eigenvalue weighted by Gasteiger charge is 2.61. The van der Waals surface area contributed by atoms with Crippen molar-refractivity contribution in [1.82, 2.24) is 58.6 Å². The Labute approximate surface area is 700 Å². The molecule has 0 radical (unpaired) electrons. The summed E-state index contributed by atoms with van der Waals surface area (Å²) in [6, 6.07) is 24.6. The lowest BCUT2D eigenvalue weighted by molar-refractivity contribution is -0.152. The first kappa shape index (κ1) is 95.2. The van der Waals surface area contributed by atoms with Crippen LogP contribution in [-0.4, -0.2) is 220 Å². The maximum Gasteiger partial charge on any atom is 0.380 e. The van der Waals surface area contributed by atoms with E-state index in [1.807, 2.05) is 0 Å². The number of nitrogens with one attached hydrogen (secondary N) is 3. The number of aliphatic hydroxyl groups is 3. The van der Waals surface area contributed by atoms with E-state index in [0.29, 0.717) is 0 Å². The smallest absolute Gasteiger partial charge is 0.380 e. The summed E-state index contributed by atoms with van der Waals surface area (Å²) in [4.78, 5) is 105. The predicted molar refractivity (Wildman–Crippen MR) is 438 cm³/mol. The van der Waals surface area contributed by atoms with E-state index >= 15 is 0 Å². The van der Waals surface area contributed by atoms with E-state index in [-0.39, 0.29) is 87.1 Å². The largest absolute Gasteiger partial charge is 0.463 e. The summed E-state index contributed by atoms with van der Waals surface area (Å²) < 4.78 is 158. The van der Waals surface area contributed by atoms with Crippen LogP contribution in [0.5, 0.6) is 17.2 Å². The van der Waals surface area contributed by atoms with Crippen LogP contribution in [0.4, 0.5) is 31.0 Å². The highest BCUT2D eigenvalue weighted by molar-refractivity contribution is 7.55. The van der Waals surface area contributed by atoms with Gasteiger partial charge >= 0.3 is 40.7 Å². The quantitative estimate of drug-likeness (QED) is 0.0134. The molecule has 9 heterocycles. The van der Waals surface area contributed by atoms with Gasteiger partial charge in [0.1, 0.15) is 90.5 Å². The van der Waals surface area contributed by atoms with Gasteiger partial charge in [-0.05, 0) is 98.7 Å². The van der Waals surface area contributed by atoms with Crippen molar-refractivity contribution in [3.05, 3.63) is 141 Å². The van der Waals surface area contributed by atoms with Crippen molar-refractivity contribution in [3.63, 3.8) is 0 Å². The SMILES string of the molecule is CC(C)OC(=O)[C@H](C)CP(=O)(Oc1ccccc1)O[C@H](C)[C@H]1O[C@@H](n2cnc3c(=O)[nH]c(N)nc32)C(N)(CF)[C@H]1O.CC(C)OC(=O)[C@H](C)C[P@@](=O)(Oc1ccccc1)O[C@H](C)[C@H]1O[C@@H](n2cnc3c(=O)[nH]c(N)nc32)C(N)(CF)[C@H]1O.CC(C)OC(=O)[C@H](C)C[P@](=O)(Oc1ccccc1)O[C@H](C)[C@H]1O[C@@H](n2cnc3c(=O)[nH]c(N)nc32)C(N)(CF)[C@H]1O. The van der Waals surface area contributed by atoms with Gasteiger partial charge in [0.2, 0.25) is 17.8 Å². The molecule has 0 amide bonds. The number of hydrogen-bond acceptors (Lipinski definition) is 36. The predicted octanol–water partition coefficient (Wildman–Crippen LogP) is 5.68. The number of fused-ring (bicyclic) bond motifs is 3. The number of alkyl halides is 3. The van der Waals surface area contributed by atoms with Crippen molar-refractivity contribution in [1.29, 1.82) is 0 Å². The summed E-state index contributed by atoms with van der Waals surface area (Å²) >= 11 is 0. The van der Waals surface area contributed by atoms with Gasteiger partial charge in [-0.1, -0.05) is 75.4 Å². The van der Waals surface area contributed by atoms with Gasteiger partial charge in [0.25, 0.3) is 16.7 Å². The fraction of sp³-hybridized carbons (Fsp3) is 0.520. The second-order valence-corrected chi connectivity index (χ2v) is 36.9. The molecule has 0 spiro atoms. The Balaban J connectivity index is 0.000000193.